The highest BCUT2D eigenvalue weighted by atomic mass is 19.4. The summed E-state index contributed by atoms with van der Waals surface area (Å²) in [6.07, 6.45) is -0.760. The Kier molecular flexibility index (Phi) is 3.19. The smallest absolute Gasteiger partial charge is 0.166 e. The molecule has 0 amide bonds. The van der Waals surface area contributed by atoms with Gasteiger partial charge in [0.05, 0.1) is 5.57 Å². The molecule has 0 aliphatic heterocycles. The molecule has 0 unspecified atom stereocenters. The highest BCUT2D eigenvalue weighted by Gasteiger charge is 2.30. The minimum Gasteiger partial charge on any atom is -0.166 e. The van der Waals surface area contributed by atoms with E-state index in [1.54, 1.807) is 6.92 Å². The van der Waals surface area contributed by atoms with Crippen LogP contribution in [0.1, 0.15) is 13.8 Å². The number of halogens is 3. The molecule has 0 saturated heterocycles. The van der Waals surface area contributed by atoms with Gasteiger partial charge in [0.2, 0.25) is 0 Å². The molecule has 0 aliphatic rings. The van der Waals surface area contributed by atoms with Crippen LogP contribution in [0.3, 0.4) is 0 Å². The van der Waals surface area contributed by atoms with Crippen molar-refractivity contribution in [2.24, 2.45) is 0 Å². The van der Waals surface area contributed by atoms with Crippen molar-refractivity contribution in [3.63, 3.8) is 0 Å². The van der Waals surface area contributed by atoms with Crippen LogP contribution in [0.2, 0.25) is 0 Å². The average Bonchev–Trinajstić information content (AvgIpc) is 1.80. The van der Waals surface area contributed by atoms with Gasteiger partial charge in [-0.3, -0.25) is 0 Å². The fourth-order valence-corrected chi connectivity index (χ4v) is 0.534. The molecular weight excluding hydrogens is 141 g/mol. The van der Waals surface area contributed by atoms with E-state index < -0.39 is 11.7 Å². The Morgan fingerprint density at radius 3 is 1.80 bits per heavy atom. The first kappa shape index (κ1) is 9.27. The summed E-state index contributed by atoms with van der Waals surface area (Å²) in [5.74, 6) is 0. The maximum absolute atomic E-state index is 11.8. The third-order valence-electron chi connectivity index (χ3n) is 0.985. The summed E-state index contributed by atoms with van der Waals surface area (Å²) >= 11 is 0. The lowest BCUT2D eigenvalue weighted by Crippen LogP contribution is -2.09. The first-order valence-electron chi connectivity index (χ1n) is 2.88. The highest BCUT2D eigenvalue weighted by molar-refractivity contribution is 5.22. The van der Waals surface area contributed by atoms with E-state index in [2.05, 4.69) is 0 Å². The lowest BCUT2D eigenvalue weighted by atomic mass is 10.2. The molecule has 58 valence electrons. The Bertz CT molecular complexity index is 151. The Hall–Kier alpha value is -0.730. The Labute approximate surface area is 58.0 Å². The Morgan fingerprint density at radius 2 is 1.70 bits per heavy atom. The SMILES string of the molecule is C/C=C\C(=C\C)C(F)(F)F. The molecule has 3 heteroatoms. The fraction of sp³-hybridized carbons (Fsp3) is 0.429. The molecule has 0 saturated carbocycles. The van der Waals surface area contributed by atoms with Gasteiger partial charge in [0.25, 0.3) is 0 Å². The zero-order valence-electron chi connectivity index (χ0n) is 5.87. The van der Waals surface area contributed by atoms with Crippen molar-refractivity contribution in [1.29, 1.82) is 0 Å². The number of alkyl halides is 3. The first-order valence-corrected chi connectivity index (χ1v) is 2.88. The topological polar surface area (TPSA) is 0 Å². The Morgan fingerprint density at radius 1 is 1.20 bits per heavy atom. The summed E-state index contributed by atoms with van der Waals surface area (Å²) in [6, 6.07) is 0. The number of allylic oxidation sites excluding steroid dienone is 4. The molecule has 0 N–H and O–H groups in total. The lowest BCUT2D eigenvalue weighted by Gasteiger charge is -2.05. The molecule has 0 rings (SSSR count). The van der Waals surface area contributed by atoms with Gasteiger partial charge in [-0.2, -0.15) is 13.2 Å². The van der Waals surface area contributed by atoms with Crippen molar-refractivity contribution >= 4 is 0 Å². The van der Waals surface area contributed by atoms with Gasteiger partial charge in [0, 0.05) is 0 Å². The molecule has 0 aromatic rings. The molecule has 0 radical (unpaired) electrons. The maximum atomic E-state index is 11.8. The predicted molar refractivity (Wildman–Crippen MR) is 34.6 cm³/mol. The third-order valence-corrected chi connectivity index (χ3v) is 0.985. The van der Waals surface area contributed by atoms with Crippen LogP contribution in [0.4, 0.5) is 13.2 Å². The van der Waals surface area contributed by atoms with Crippen LogP contribution in [0, 0.1) is 0 Å². The van der Waals surface area contributed by atoms with Gasteiger partial charge in [-0.25, -0.2) is 0 Å². The van der Waals surface area contributed by atoms with E-state index in [0.29, 0.717) is 0 Å². The average molecular weight is 150 g/mol. The second-order valence-electron chi connectivity index (χ2n) is 1.74. The second kappa shape index (κ2) is 3.44. The van der Waals surface area contributed by atoms with Gasteiger partial charge in [0.15, 0.2) is 0 Å². The molecule has 0 atom stereocenters. The molecule has 0 bridgehead atoms. The molecule has 0 spiro atoms. The van der Waals surface area contributed by atoms with E-state index in [1.165, 1.54) is 13.0 Å². The summed E-state index contributed by atoms with van der Waals surface area (Å²) in [5, 5.41) is 0. The molecule has 0 aliphatic carbocycles. The minimum atomic E-state index is -4.21. The molecule has 0 aromatic heterocycles. The van der Waals surface area contributed by atoms with Crippen LogP contribution < -0.4 is 0 Å². The van der Waals surface area contributed by atoms with Crippen molar-refractivity contribution in [3.05, 3.63) is 23.8 Å². The zero-order valence-corrected chi connectivity index (χ0v) is 5.87. The maximum Gasteiger partial charge on any atom is 0.416 e. The van der Waals surface area contributed by atoms with Crippen LogP contribution in [-0.4, -0.2) is 6.18 Å². The molecule has 10 heavy (non-hydrogen) atoms. The largest absolute Gasteiger partial charge is 0.416 e. The monoisotopic (exact) mass is 150 g/mol. The molecular formula is C7H9F3. The summed E-state index contributed by atoms with van der Waals surface area (Å²) in [4.78, 5) is 0. The number of rotatable bonds is 1. The molecule has 0 nitrogen and oxygen atoms in total. The zero-order chi connectivity index (χ0) is 8.20. The van der Waals surface area contributed by atoms with Crippen LogP contribution in [0.5, 0.6) is 0 Å². The summed E-state index contributed by atoms with van der Waals surface area (Å²) in [6.45, 7) is 2.91. The van der Waals surface area contributed by atoms with Crippen LogP contribution >= 0.6 is 0 Å². The van der Waals surface area contributed by atoms with E-state index in [0.717, 1.165) is 12.2 Å². The molecule has 0 heterocycles. The summed E-state index contributed by atoms with van der Waals surface area (Å²) < 4.78 is 35.4. The number of hydrogen-bond donors (Lipinski definition) is 0. The first-order chi connectivity index (χ1) is 4.52. The lowest BCUT2D eigenvalue weighted by molar-refractivity contribution is -0.0883. The normalized spacial score (nSPS) is 14.7. The standard InChI is InChI=1S/C7H9F3/c1-3-5-6(4-2)7(8,9)10/h3-5H,1-2H3/b5-3-,6-4-. The highest BCUT2D eigenvalue weighted by Crippen LogP contribution is 2.25. The molecule has 0 fully saturated rings. The van der Waals surface area contributed by atoms with Crippen molar-refractivity contribution < 1.29 is 13.2 Å². The van der Waals surface area contributed by atoms with Gasteiger partial charge >= 0.3 is 6.18 Å². The van der Waals surface area contributed by atoms with Gasteiger partial charge in [-0.1, -0.05) is 18.2 Å². The van der Waals surface area contributed by atoms with E-state index in [1.807, 2.05) is 0 Å². The number of hydrogen-bond acceptors (Lipinski definition) is 0. The third kappa shape index (κ3) is 2.71. The van der Waals surface area contributed by atoms with Crippen molar-refractivity contribution in [1.82, 2.24) is 0 Å². The van der Waals surface area contributed by atoms with Crippen molar-refractivity contribution in [2.75, 3.05) is 0 Å². The molecule has 0 aromatic carbocycles. The van der Waals surface area contributed by atoms with E-state index in [4.69, 9.17) is 0 Å². The van der Waals surface area contributed by atoms with E-state index >= 15 is 0 Å². The van der Waals surface area contributed by atoms with Gasteiger partial charge in [-0.05, 0) is 13.8 Å². The van der Waals surface area contributed by atoms with Crippen LogP contribution in [0.25, 0.3) is 0 Å². The summed E-state index contributed by atoms with van der Waals surface area (Å²) in [5.41, 5.74) is -0.602. The quantitative estimate of drug-likeness (QED) is 0.504. The van der Waals surface area contributed by atoms with Crippen LogP contribution in [0.15, 0.2) is 23.8 Å². The fourth-order valence-electron chi connectivity index (χ4n) is 0.534. The van der Waals surface area contributed by atoms with Crippen molar-refractivity contribution in [3.8, 4) is 0 Å². The van der Waals surface area contributed by atoms with Gasteiger partial charge < -0.3 is 0 Å². The van der Waals surface area contributed by atoms with Crippen molar-refractivity contribution in [2.45, 2.75) is 20.0 Å². The minimum absolute atomic E-state index is 0.602. The second-order valence-corrected chi connectivity index (χ2v) is 1.74. The summed E-state index contributed by atoms with van der Waals surface area (Å²) in [7, 11) is 0. The predicted octanol–water partition coefficient (Wildman–Crippen LogP) is 3.07. The Balaban J connectivity index is 4.39. The van der Waals surface area contributed by atoms with E-state index in [9.17, 15) is 13.2 Å². The van der Waals surface area contributed by atoms with E-state index in [-0.39, 0.29) is 0 Å². The van der Waals surface area contributed by atoms with Gasteiger partial charge in [0.1, 0.15) is 0 Å². The van der Waals surface area contributed by atoms with Crippen LogP contribution in [-0.2, 0) is 0 Å². The van der Waals surface area contributed by atoms with Gasteiger partial charge in [-0.15, -0.1) is 0 Å².